The van der Waals surface area contributed by atoms with E-state index in [0.717, 1.165) is 5.01 Å². The molecule has 0 radical (unpaired) electrons. The molecule has 1 heterocycles. The fraction of sp³-hybridized carbons (Fsp3) is 0.150. The molecule has 1 aliphatic heterocycles. The summed E-state index contributed by atoms with van der Waals surface area (Å²) in [5, 5.41) is 7.58. The number of ether oxygens (including phenoxy) is 1. The predicted octanol–water partition coefficient (Wildman–Crippen LogP) is 2.50. The van der Waals surface area contributed by atoms with Crippen LogP contribution in [0, 0.1) is 12.3 Å². The second-order valence-corrected chi connectivity index (χ2v) is 5.81. The first kappa shape index (κ1) is 17.2. The minimum atomic E-state index is -1.16. The lowest BCUT2D eigenvalue weighted by Crippen LogP contribution is -2.40. The molecule has 0 aromatic heterocycles. The van der Waals surface area contributed by atoms with Crippen LogP contribution in [0.1, 0.15) is 18.1 Å². The number of rotatable bonds is 5. The lowest BCUT2D eigenvalue weighted by Gasteiger charge is -2.20. The summed E-state index contributed by atoms with van der Waals surface area (Å²) >= 11 is 0. The molecule has 0 spiro atoms. The van der Waals surface area contributed by atoms with Crippen LogP contribution in [0.5, 0.6) is 5.75 Å². The monoisotopic (exact) mass is 347 g/mol. The summed E-state index contributed by atoms with van der Waals surface area (Å²) in [6.45, 7) is 1.77. The average Bonchev–Trinajstić information content (AvgIpc) is 2.89. The van der Waals surface area contributed by atoms with E-state index in [-0.39, 0.29) is 6.61 Å². The number of hydrazone groups is 1. The molecule has 6 heteroatoms. The molecule has 3 rings (SSSR count). The van der Waals surface area contributed by atoms with E-state index in [1.54, 1.807) is 43.3 Å². The molecule has 1 N–H and O–H groups in total. The molecule has 26 heavy (non-hydrogen) atoms. The molecule has 1 atom stereocenters. The molecule has 2 aromatic rings. The van der Waals surface area contributed by atoms with Gasteiger partial charge < -0.3 is 10.1 Å². The molecule has 1 aliphatic rings. The zero-order chi connectivity index (χ0) is 18.6. The number of urea groups is 1. The normalized spacial score (nSPS) is 19.5. The van der Waals surface area contributed by atoms with E-state index in [9.17, 15) is 9.59 Å². The molecular weight excluding hydrogens is 330 g/mol. The fourth-order valence-electron chi connectivity index (χ4n) is 2.65. The molecule has 3 amide bonds. The summed E-state index contributed by atoms with van der Waals surface area (Å²) in [5.74, 6) is 2.46. The summed E-state index contributed by atoms with van der Waals surface area (Å²) in [7, 11) is 0. The van der Waals surface area contributed by atoms with Gasteiger partial charge in [0.05, 0.1) is 6.21 Å². The van der Waals surface area contributed by atoms with Crippen molar-refractivity contribution in [2.45, 2.75) is 12.5 Å². The Bertz CT molecular complexity index is 902. The minimum Gasteiger partial charge on any atom is -0.480 e. The fourth-order valence-corrected chi connectivity index (χ4v) is 2.65. The highest BCUT2D eigenvalue weighted by Crippen LogP contribution is 2.28. The van der Waals surface area contributed by atoms with E-state index in [1.165, 1.54) is 6.21 Å². The van der Waals surface area contributed by atoms with Gasteiger partial charge in [0.25, 0.3) is 5.91 Å². The Labute approximate surface area is 151 Å². The molecule has 1 saturated heterocycles. The number of amides is 3. The predicted molar refractivity (Wildman–Crippen MR) is 97.5 cm³/mol. The van der Waals surface area contributed by atoms with Gasteiger partial charge in [-0.1, -0.05) is 48.4 Å². The van der Waals surface area contributed by atoms with Crippen LogP contribution < -0.4 is 10.1 Å². The number of nitrogens with one attached hydrogen (secondary N) is 1. The number of para-hydroxylation sites is 1. The molecule has 0 aliphatic carbocycles. The van der Waals surface area contributed by atoms with Crippen molar-refractivity contribution < 1.29 is 14.3 Å². The molecule has 130 valence electrons. The first-order chi connectivity index (χ1) is 12.6. The number of carbonyl (C=O) groups excluding carboxylic acids is 2. The van der Waals surface area contributed by atoms with Crippen LogP contribution in [0.25, 0.3) is 0 Å². The summed E-state index contributed by atoms with van der Waals surface area (Å²) in [6, 6.07) is 15.5. The molecule has 6 nitrogen and oxygen atoms in total. The Morgan fingerprint density at radius 1 is 1.19 bits per heavy atom. The van der Waals surface area contributed by atoms with E-state index in [1.807, 2.05) is 18.2 Å². The van der Waals surface area contributed by atoms with E-state index >= 15 is 0 Å². The molecule has 0 bridgehead atoms. The van der Waals surface area contributed by atoms with Crippen molar-refractivity contribution >= 4 is 18.2 Å². The Hall–Kier alpha value is -3.59. The van der Waals surface area contributed by atoms with E-state index < -0.39 is 17.5 Å². The number of imide groups is 1. The van der Waals surface area contributed by atoms with Crippen LogP contribution in [0.3, 0.4) is 0 Å². The van der Waals surface area contributed by atoms with Gasteiger partial charge >= 0.3 is 6.03 Å². The van der Waals surface area contributed by atoms with Gasteiger partial charge in [0, 0.05) is 5.56 Å². The number of nitrogens with zero attached hydrogens (tertiary/aromatic N) is 2. The van der Waals surface area contributed by atoms with Gasteiger partial charge in [0.15, 0.2) is 0 Å². The maximum Gasteiger partial charge on any atom is 0.346 e. The van der Waals surface area contributed by atoms with Gasteiger partial charge in [-0.2, -0.15) is 5.10 Å². The van der Waals surface area contributed by atoms with Crippen molar-refractivity contribution in [3.63, 3.8) is 0 Å². The highest BCUT2D eigenvalue weighted by molar-refractivity contribution is 6.07. The van der Waals surface area contributed by atoms with Gasteiger partial charge in [-0.3, -0.25) is 4.79 Å². The Morgan fingerprint density at radius 2 is 1.88 bits per heavy atom. The first-order valence-corrected chi connectivity index (χ1v) is 7.98. The largest absolute Gasteiger partial charge is 0.480 e. The Balaban J connectivity index is 1.85. The van der Waals surface area contributed by atoms with Gasteiger partial charge in [0.2, 0.25) is 0 Å². The van der Waals surface area contributed by atoms with Crippen LogP contribution in [-0.4, -0.2) is 29.8 Å². The topological polar surface area (TPSA) is 71.0 Å². The van der Waals surface area contributed by atoms with Crippen molar-refractivity contribution in [2.24, 2.45) is 5.10 Å². The second kappa shape index (κ2) is 7.11. The van der Waals surface area contributed by atoms with Crippen LogP contribution in [0.4, 0.5) is 4.79 Å². The summed E-state index contributed by atoms with van der Waals surface area (Å²) in [6.07, 6.45) is 6.61. The summed E-state index contributed by atoms with van der Waals surface area (Å²) in [5.41, 5.74) is 0.139. The van der Waals surface area contributed by atoms with Gasteiger partial charge in [0.1, 0.15) is 17.9 Å². The summed E-state index contributed by atoms with van der Waals surface area (Å²) < 4.78 is 5.43. The molecule has 0 saturated carbocycles. The maximum atomic E-state index is 12.8. The highest BCUT2D eigenvalue weighted by Gasteiger charge is 2.49. The third-order valence-corrected chi connectivity index (χ3v) is 4.06. The smallest absolute Gasteiger partial charge is 0.346 e. The Morgan fingerprint density at radius 3 is 2.62 bits per heavy atom. The van der Waals surface area contributed by atoms with Crippen LogP contribution in [0.2, 0.25) is 0 Å². The van der Waals surface area contributed by atoms with Crippen molar-refractivity contribution in [1.29, 1.82) is 0 Å². The zero-order valence-corrected chi connectivity index (χ0v) is 14.2. The van der Waals surface area contributed by atoms with Crippen molar-refractivity contribution in [1.82, 2.24) is 10.3 Å². The standard InChI is InChI=1S/C20H17N3O3/c1-3-13-26-17-12-8-7-9-15(17)14-21-23-18(24)20(2,22-19(23)25)16-10-5-4-6-11-16/h1,4-12,14H,13H2,2H3,(H,22,25)/b21-14-/t20-/m0/s1. The van der Waals surface area contributed by atoms with E-state index in [0.29, 0.717) is 16.9 Å². The third kappa shape index (κ3) is 3.15. The van der Waals surface area contributed by atoms with Gasteiger partial charge in [-0.05, 0) is 24.6 Å². The van der Waals surface area contributed by atoms with Gasteiger partial charge in [-0.25, -0.2) is 4.79 Å². The molecule has 2 aromatic carbocycles. The van der Waals surface area contributed by atoms with Gasteiger partial charge in [-0.15, -0.1) is 11.4 Å². The lowest BCUT2D eigenvalue weighted by molar-refractivity contribution is -0.131. The lowest BCUT2D eigenvalue weighted by atomic mass is 9.92. The van der Waals surface area contributed by atoms with Crippen molar-refractivity contribution in [3.05, 3.63) is 65.7 Å². The SMILES string of the molecule is C#CCOc1ccccc1/C=N\N1C(=O)N[C@@](C)(c2ccccc2)C1=O. The van der Waals surface area contributed by atoms with Crippen LogP contribution in [0.15, 0.2) is 59.7 Å². The average molecular weight is 347 g/mol. The molecular formula is C20H17N3O3. The van der Waals surface area contributed by atoms with Crippen molar-refractivity contribution in [3.8, 4) is 18.1 Å². The zero-order valence-electron chi connectivity index (χ0n) is 14.2. The number of terminal acetylenes is 1. The van der Waals surface area contributed by atoms with E-state index in [2.05, 4.69) is 16.3 Å². The number of hydrogen-bond donors (Lipinski definition) is 1. The summed E-state index contributed by atoms with van der Waals surface area (Å²) in [4.78, 5) is 25.1. The highest BCUT2D eigenvalue weighted by atomic mass is 16.5. The quantitative estimate of drug-likeness (QED) is 0.513. The van der Waals surface area contributed by atoms with Crippen LogP contribution in [-0.2, 0) is 10.3 Å². The van der Waals surface area contributed by atoms with Crippen LogP contribution >= 0.6 is 0 Å². The number of benzene rings is 2. The second-order valence-electron chi connectivity index (χ2n) is 5.81. The maximum absolute atomic E-state index is 12.8. The molecule has 1 fully saturated rings. The third-order valence-electron chi connectivity index (χ3n) is 4.06. The van der Waals surface area contributed by atoms with Crippen molar-refractivity contribution in [2.75, 3.05) is 6.61 Å². The first-order valence-electron chi connectivity index (χ1n) is 7.98. The Kier molecular flexibility index (Phi) is 4.72. The minimum absolute atomic E-state index is 0.111. The number of carbonyl (C=O) groups is 2. The molecule has 0 unspecified atom stereocenters. The number of hydrogen-bond acceptors (Lipinski definition) is 4. The van der Waals surface area contributed by atoms with E-state index in [4.69, 9.17) is 11.2 Å².